The largest absolute Gasteiger partial charge is 0.472 e. The van der Waals surface area contributed by atoms with Crippen molar-refractivity contribution < 1.29 is 4.42 Å². The Hall–Kier alpha value is -6.12. The third-order valence-electron chi connectivity index (χ3n) is 10.4. The lowest BCUT2D eigenvalue weighted by Crippen LogP contribution is -2.39. The van der Waals surface area contributed by atoms with Crippen molar-refractivity contribution in [2.75, 3.05) is 0 Å². The van der Waals surface area contributed by atoms with E-state index in [1.54, 1.807) is 11.1 Å². The maximum absolute atomic E-state index is 5.75. The Morgan fingerprint density at radius 1 is 0.667 bits per heavy atom. The molecule has 0 radical (unpaired) electrons. The van der Waals surface area contributed by atoms with Crippen LogP contribution in [0.5, 0.6) is 0 Å². The molecule has 0 saturated heterocycles. The second-order valence-corrected chi connectivity index (χ2v) is 14.3. The first kappa shape index (κ1) is 33.7. The second-order valence-electron chi connectivity index (χ2n) is 13.5. The van der Waals surface area contributed by atoms with Gasteiger partial charge in [-0.15, -0.1) is 15.0 Å². The van der Waals surface area contributed by atoms with Gasteiger partial charge < -0.3 is 8.98 Å². The lowest BCUT2D eigenvalue weighted by Gasteiger charge is -2.34. The average Bonchev–Trinajstić information content (AvgIpc) is 3.94. The molecule has 0 atom stereocenters. The average molecular weight is 770 g/mol. The Bertz CT molecular complexity index is 2550. The number of tetrazole rings is 1. The Kier molecular flexibility index (Phi) is 8.97. The van der Waals surface area contributed by atoms with Crippen LogP contribution in [0.25, 0.3) is 44.7 Å². The first-order valence-corrected chi connectivity index (χ1v) is 19.1. The Labute approximate surface area is 322 Å². The number of unbranched alkanes of at least 4 members (excludes halogenated alkanes) is 1. The van der Waals surface area contributed by atoms with E-state index in [-0.39, 0.29) is 0 Å². The number of benzene rings is 5. The summed E-state index contributed by atoms with van der Waals surface area (Å²) in [7, 11) is 0. The molecular weight excluding hydrogens is 732 g/mol. The Balaban J connectivity index is 1.24. The molecule has 0 spiro atoms. The van der Waals surface area contributed by atoms with E-state index >= 15 is 0 Å². The fourth-order valence-corrected chi connectivity index (χ4v) is 8.64. The Morgan fingerprint density at radius 3 is 1.94 bits per heavy atom. The number of aryl methyl sites for hydroxylation is 1. The first-order chi connectivity index (χ1) is 26.7. The summed E-state index contributed by atoms with van der Waals surface area (Å²) in [6.07, 6.45) is 6.65. The summed E-state index contributed by atoms with van der Waals surface area (Å²) in [5.41, 5.74) is 10.6. The maximum Gasteiger partial charge on any atom is 0.205 e. The van der Waals surface area contributed by atoms with Crippen LogP contribution in [-0.4, -0.2) is 29.8 Å². The van der Waals surface area contributed by atoms with Crippen LogP contribution in [0.1, 0.15) is 47.8 Å². The summed E-state index contributed by atoms with van der Waals surface area (Å²) in [5, 5.41) is 15.0. The van der Waals surface area contributed by atoms with Crippen molar-refractivity contribution in [1.29, 1.82) is 0 Å². The summed E-state index contributed by atoms with van der Waals surface area (Å²) in [4.78, 5) is 6.89. The van der Waals surface area contributed by atoms with E-state index in [0.717, 1.165) is 85.1 Å². The summed E-state index contributed by atoms with van der Waals surface area (Å²) < 4.78 is 9.09. The quantitative estimate of drug-likeness (QED) is 0.123. The number of nitrogens with zero attached hydrogens (tertiary/aromatic N) is 6. The fourth-order valence-electron chi connectivity index (χ4n) is 7.88. The van der Waals surface area contributed by atoms with E-state index in [4.69, 9.17) is 24.8 Å². The summed E-state index contributed by atoms with van der Waals surface area (Å²) >= 11 is 4.04. The highest BCUT2D eigenvalue weighted by molar-refractivity contribution is 9.10. The van der Waals surface area contributed by atoms with Gasteiger partial charge in [0.1, 0.15) is 5.82 Å². The van der Waals surface area contributed by atoms with Crippen molar-refractivity contribution in [2.24, 2.45) is 0 Å². The molecule has 2 aliphatic rings. The lowest BCUT2D eigenvalue weighted by atomic mass is 9.77. The van der Waals surface area contributed by atoms with Crippen LogP contribution in [-0.2, 0) is 18.5 Å². The van der Waals surface area contributed by atoms with E-state index in [2.05, 4.69) is 149 Å². The van der Waals surface area contributed by atoms with E-state index < -0.39 is 5.54 Å². The van der Waals surface area contributed by atoms with Crippen molar-refractivity contribution in [3.63, 3.8) is 0 Å². The third-order valence-corrected chi connectivity index (χ3v) is 11.2. The molecule has 2 aromatic heterocycles. The smallest absolute Gasteiger partial charge is 0.205 e. The zero-order valence-corrected chi connectivity index (χ0v) is 31.4. The van der Waals surface area contributed by atoms with Crippen molar-refractivity contribution >= 4 is 27.0 Å². The number of rotatable bonds is 11. The van der Waals surface area contributed by atoms with Gasteiger partial charge in [-0.05, 0) is 79.1 Å². The molecule has 3 heterocycles. The molecular formula is C46H37BrN6O. The van der Waals surface area contributed by atoms with Gasteiger partial charge in [0.2, 0.25) is 5.82 Å². The minimum Gasteiger partial charge on any atom is -0.472 e. The van der Waals surface area contributed by atoms with E-state index in [9.17, 15) is 0 Å². The molecule has 7 nitrogen and oxygen atoms in total. The molecule has 9 rings (SSSR count). The molecule has 0 amide bonds. The predicted molar refractivity (Wildman–Crippen MR) is 217 cm³/mol. The van der Waals surface area contributed by atoms with Gasteiger partial charge in [-0.1, -0.05) is 141 Å². The lowest BCUT2D eigenvalue weighted by molar-refractivity contribution is 0.396. The monoisotopic (exact) mass is 768 g/mol. The van der Waals surface area contributed by atoms with Crippen molar-refractivity contribution in [3.8, 4) is 33.6 Å². The van der Waals surface area contributed by atoms with Crippen LogP contribution in [0.2, 0.25) is 0 Å². The van der Waals surface area contributed by atoms with Gasteiger partial charge in [-0.2, -0.15) is 0 Å². The molecule has 5 aromatic carbocycles. The molecule has 8 heteroatoms. The molecule has 0 fully saturated rings. The minimum atomic E-state index is -0.885. The highest BCUT2D eigenvalue weighted by Crippen LogP contribution is 2.49. The molecule has 264 valence electrons. The van der Waals surface area contributed by atoms with E-state index in [1.807, 2.05) is 30.5 Å². The van der Waals surface area contributed by atoms with Gasteiger partial charge in [0, 0.05) is 27.6 Å². The van der Waals surface area contributed by atoms with Crippen LogP contribution in [0, 0.1) is 0 Å². The summed E-state index contributed by atoms with van der Waals surface area (Å²) in [6.45, 7) is 2.86. The van der Waals surface area contributed by atoms with E-state index in [0.29, 0.717) is 12.4 Å². The highest BCUT2D eigenvalue weighted by atomic mass is 79.9. The third kappa shape index (κ3) is 5.65. The molecule has 1 aliphatic heterocycles. The number of imidazole rings is 1. The van der Waals surface area contributed by atoms with Gasteiger partial charge in [0.25, 0.3) is 0 Å². The molecule has 0 bridgehead atoms. The fraction of sp³-hybridized carbons (Fsp3) is 0.130. The number of hydrogen-bond acceptors (Lipinski definition) is 5. The zero-order chi connectivity index (χ0) is 36.5. The maximum atomic E-state index is 5.75. The molecule has 54 heavy (non-hydrogen) atoms. The summed E-state index contributed by atoms with van der Waals surface area (Å²) in [6, 6.07) is 50.1. The minimum absolute atomic E-state index is 0.530. The van der Waals surface area contributed by atoms with Crippen LogP contribution in [0.15, 0.2) is 167 Å². The van der Waals surface area contributed by atoms with Crippen molar-refractivity contribution in [1.82, 2.24) is 29.8 Å². The Morgan fingerprint density at radius 2 is 1.28 bits per heavy atom. The van der Waals surface area contributed by atoms with Gasteiger partial charge in [-0.25, -0.2) is 4.98 Å². The molecule has 0 N–H and O–H groups in total. The van der Waals surface area contributed by atoms with Crippen molar-refractivity contribution in [3.05, 3.63) is 191 Å². The number of fused-ring (bicyclic) bond motifs is 2. The van der Waals surface area contributed by atoms with Gasteiger partial charge in [0.15, 0.2) is 5.54 Å². The zero-order valence-electron chi connectivity index (χ0n) is 29.8. The van der Waals surface area contributed by atoms with Crippen LogP contribution in [0.3, 0.4) is 0 Å². The predicted octanol–water partition coefficient (Wildman–Crippen LogP) is 11.0. The van der Waals surface area contributed by atoms with Gasteiger partial charge >= 0.3 is 0 Å². The van der Waals surface area contributed by atoms with E-state index in [1.165, 1.54) is 5.56 Å². The van der Waals surface area contributed by atoms with Crippen LogP contribution < -0.4 is 0 Å². The van der Waals surface area contributed by atoms with Gasteiger partial charge in [0.05, 0.1) is 30.1 Å². The second kappa shape index (κ2) is 14.4. The standard InChI is InChI=1S/C46H37BrN6O/c1-2-3-27-42-48-40-25-15-16-26-41(40)52(42)30-38-35-28-29-54-31-39(35)44(47)43(38)36-23-13-14-24-37(36)45-49-51-53(50-45)46(32-17-7-4-8-18-32,33-19-9-5-10-20-33)34-21-11-6-12-22-34/h4-26,28-29,31H,2-3,27,30H2,1H3. The number of aromatic nitrogens is 6. The number of halogens is 1. The SMILES string of the molecule is CCCCc1nc2ccccc2n1Cc1c2ccocc-2c(Br)c1-c1ccccc1-c1nnn(C(c2ccccc2)(c2ccccc2)c2ccccc2)n1. The van der Waals surface area contributed by atoms with Crippen LogP contribution >= 0.6 is 15.9 Å². The number of para-hydroxylation sites is 2. The van der Waals surface area contributed by atoms with Crippen LogP contribution in [0.4, 0.5) is 0 Å². The molecule has 0 saturated carbocycles. The normalized spacial score (nSPS) is 11.8. The molecule has 0 unspecified atom stereocenters. The number of hydrogen-bond donors (Lipinski definition) is 0. The van der Waals surface area contributed by atoms with Gasteiger partial charge in [-0.3, -0.25) is 0 Å². The highest BCUT2D eigenvalue weighted by Gasteiger charge is 2.41. The molecule has 7 aromatic rings. The summed E-state index contributed by atoms with van der Waals surface area (Å²) in [5.74, 6) is 1.62. The first-order valence-electron chi connectivity index (χ1n) is 18.4. The topological polar surface area (TPSA) is 74.6 Å². The molecule has 1 aliphatic carbocycles. The van der Waals surface area contributed by atoms with Crippen molar-refractivity contribution in [2.45, 2.75) is 38.3 Å².